The third-order valence-corrected chi connectivity index (χ3v) is 6.19. The van der Waals surface area contributed by atoms with Crippen molar-refractivity contribution < 1.29 is 18.0 Å². The van der Waals surface area contributed by atoms with Crippen molar-refractivity contribution in [2.24, 2.45) is 0 Å². The molecule has 0 saturated heterocycles. The van der Waals surface area contributed by atoms with E-state index in [9.17, 15) is 13.2 Å². The molecule has 0 N–H and O–H groups in total. The van der Waals surface area contributed by atoms with E-state index >= 15 is 0 Å². The second kappa shape index (κ2) is 9.00. The average Bonchev–Trinajstić information content (AvgIpc) is 2.77. The van der Waals surface area contributed by atoms with Crippen molar-refractivity contribution in [3.8, 4) is 0 Å². The molecule has 0 bridgehead atoms. The maximum Gasteiger partial charge on any atom is 0.264 e. The maximum atomic E-state index is 13.2. The lowest BCUT2D eigenvalue weighted by molar-refractivity contribution is -0.0258. The molecular weight excluding hydrogens is 388 g/mol. The van der Waals surface area contributed by atoms with Gasteiger partial charge in [-0.15, -0.1) is 0 Å². The molecule has 1 amide bonds. The van der Waals surface area contributed by atoms with Crippen molar-refractivity contribution in [1.82, 2.24) is 4.47 Å². The molecular formula is C22H22N2O4S. The molecule has 6 nitrogen and oxygen atoms in total. The molecule has 0 aromatic heterocycles. The Kier molecular flexibility index (Phi) is 6.43. The summed E-state index contributed by atoms with van der Waals surface area (Å²) in [6, 6.07) is 24.9. The molecule has 0 aliphatic rings. The molecule has 0 radical (unpaired) electrons. The van der Waals surface area contributed by atoms with Crippen LogP contribution < -0.4 is 4.90 Å². The lowest BCUT2D eigenvalue weighted by Crippen LogP contribution is -2.30. The van der Waals surface area contributed by atoms with Crippen molar-refractivity contribution in [3.05, 3.63) is 96.1 Å². The monoisotopic (exact) mass is 410 g/mol. The van der Waals surface area contributed by atoms with Crippen molar-refractivity contribution in [2.75, 3.05) is 19.1 Å². The first-order chi connectivity index (χ1) is 13.9. The minimum absolute atomic E-state index is 0.0488. The second-order valence-electron chi connectivity index (χ2n) is 6.33. The summed E-state index contributed by atoms with van der Waals surface area (Å²) < 4.78 is 25.5. The van der Waals surface area contributed by atoms with Gasteiger partial charge < -0.3 is 4.90 Å². The highest BCUT2D eigenvalue weighted by Gasteiger charge is 2.23. The Morgan fingerprint density at radius 2 is 1.41 bits per heavy atom. The number of hydroxylamine groups is 1. The molecule has 0 heterocycles. The van der Waals surface area contributed by atoms with Crippen LogP contribution in [0.3, 0.4) is 0 Å². The van der Waals surface area contributed by atoms with Crippen molar-refractivity contribution in [2.45, 2.75) is 11.4 Å². The van der Waals surface area contributed by atoms with Crippen molar-refractivity contribution in [3.63, 3.8) is 0 Å². The van der Waals surface area contributed by atoms with E-state index in [0.717, 1.165) is 15.7 Å². The zero-order valence-corrected chi connectivity index (χ0v) is 17.0. The molecule has 0 aliphatic carbocycles. The van der Waals surface area contributed by atoms with Gasteiger partial charge in [-0.25, -0.2) is 8.42 Å². The predicted octanol–water partition coefficient (Wildman–Crippen LogP) is 3.72. The Hall–Kier alpha value is -3.00. The number of hydrogen-bond donors (Lipinski definition) is 0. The molecule has 3 aromatic carbocycles. The number of carbonyl (C=O) groups excluding carboxylic acids is 1. The molecule has 0 fully saturated rings. The van der Waals surface area contributed by atoms with E-state index in [1.54, 1.807) is 4.90 Å². The van der Waals surface area contributed by atoms with Crippen LogP contribution in [0.2, 0.25) is 0 Å². The van der Waals surface area contributed by atoms with Crippen LogP contribution in [0.15, 0.2) is 89.8 Å². The number of hydrogen-bond acceptors (Lipinski definition) is 4. The summed E-state index contributed by atoms with van der Waals surface area (Å²) in [5, 5.41) is 0. The highest BCUT2D eigenvalue weighted by Crippen LogP contribution is 2.22. The number of carbonyl (C=O) groups is 1. The van der Waals surface area contributed by atoms with Gasteiger partial charge in [-0.1, -0.05) is 53.0 Å². The summed E-state index contributed by atoms with van der Waals surface area (Å²) in [7, 11) is -1.18. The Balaban J connectivity index is 1.92. The van der Waals surface area contributed by atoms with E-state index in [1.807, 2.05) is 60.7 Å². The number of rotatable bonds is 7. The fourth-order valence-corrected chi connectivity index (χ4v) is 3.80. The van der Waals surface area contributed by atoms with Gasteiger partial charge in [-0.05, 0) is 42.0 Å². The topological polar surface area (TPSA) is 66.9 Å². The number of benzene rings is 3. The van der Waals surface area contributed by atoms with Gasteiger partial charge in [0.2, 0.25) is 0 Å². The van der Waals surface area contributed by atoms with E-state index in [4.69, 9.17) is 4.84 Å². The fraction of sp³-hybridized carbons (Fsp3) is 0.136. The molecule has 0 spiro atoms. The Labute approximate surface area is 171 Å². The summed E-state index contributed by atoms with van der Waals surface area (Å²) >= 11 is 0. The molecule has 0 unspecified atom stereocenters. The maximum absolute atomic E-state index is 13.2. The molecule has 3 rings (SSSR count). The van der Waals surface area contributed by atoms with Gasteiger partial charge in [0.05, 0.1) is 18.6 Å². The highest BCUT2D eigenvalue weighted by atomic mass is 32.2. The minimum Gasteiger partial charge on any atom is -0.304 e. The number of sulfonamides is 1. The van der Waals surface area contributed by atoms with E-state index < -0.39 is 10.0 Å². The van der Waals surface area contributed by atoms with E-state index in [0.29, 0.717) is 12.1 Å². The molecule has 0 atom stereocenters. The summed E-state index contributed by atoms with van der Waals surface area (Å²) in [4.78, 5) is 19.7. The van der Waals surface area contributed by atoms with E-state index in [2.05, 4.69) is 0 Å². The number of anilines is 1. The highest BCUT2D eigenvalue weighted by molar-refractivity contribution is 7.89. The first-order valence-electron chi connectivity index (χ1n) is 8.97. The number of nitrogens with zero attached hydrogens (tertiary/aromatic N) is 2. The SMILES string of the molecule is CON(C)S(=O)(=O)c1ccc(C(=O)N(Cc2ccccc2)c2ccccc2)cc1. The summed E-state index contributed by atoms with van der Waals surface area (Å²) in [6.07, 6.45) is 0. The molecule has 0 aliphatic heterocycles. The van der Waals surface area contributed by atoms with Gasteiger partial charge in [0.1, 0.15) is 0 Å². The van der Waals surface area contributed by atoms with Crippen LogP contribution in [0.5, 0.6) is 0 Å². The van der Waals surface area contributed by atoms with Crippen LogP contribution in [-0.4, -0.2) is 33.0 Å². The van der Waals surface area contributed by atoms with Crippen LogP contribution in [0, 0.1) is 0 Å². The van der Waals surface area contributed by atoms with Crippen LogP contribution in [-0.2, 0) is 21.4 Å². The molecule has 0 saturated carbocycles. The van der Waals surface area contributed by atoms with Gasteiger partial charge in [-0.2, -0.15) is 0 Å². The minimum atomic E-state index is -3.77. The summed E-state index contributed by atoms with van der Waals surface area (Å²) in [5.41, 5.74) is 2.14. The Morgan fingerprint density at radius 3 is 1.97 bits per heavy atom. The van der Waals surface area contributed by atoms with E-state index in [1.165, 1.54) is 38.4 Å². The average molecular weight is 410 g/mol. The van der Waals surface area contributed by atoms with Gasteiger partial charge in [0.25, 0.3) is 15.9 Å². The quantitative estimate of drug-likeness (QED) is 0.557. The van der Waals surface area contributed by atoms with Gasteiger partial charge in [-0.3, -0.25) is 9.63 Å². The van der Waals surface area contributed by atoms with E-state index in [-0.39, 0.29) is 10.8 Å². The first-order valence-corrected chi connectivity index (χ1v) is 10.4. The Bertz CT molecular complexity index is 1050. The fourth-order valence-electron chi connectivity index (χ4n) is 2.83. The van der Waals surface area contributed by atoms with Crippen molar-refractivity contribution >= 4 is 21.6 Å². The zero-order chi connectivity index (χ0) is 20.9. The standard InChI is InChI=1S/C22H22N2O4S/c1-23(28-2)29(26,27)21-15-13-19(14-16-21)22(25)24(20-11-7-4-8-12-20)17-18-9-5-3-6-10-18/h3-16H,17H2,1-2H3. The van der Waals surface area contributed by atoms with Crippen LogP contribution in [0.25, 0.3) is 0 Å². The predicted molar refractivity (Wildman–Crippen MR) is 112 cm³/mol. The smallest absolute Gasteiger partial charge is 0.264 e. The lowest BCUT2D eigenvalue weighted by Gasteiger charge is -2.23. The van der Waals surface area contributed by atoms with Gasteiger partial charge in [0.15, 0.2) is 0 Å². The number of para-hydroxylation sites is 1. The summed E-state index contributed by atoms with van der Waals surface area (Å²) in [6.45, 7) is 0.399. The van der Waals surface area contributed by atoms with Gasteiger partial charge in [0, 0.05) is 18.3 Å². The molecule has 150 valence electrons. The van der Waals surface area contributed by atoms with Crippen molar-refractivity contribution in [1.29, 1.82) is 0 Å². The third kappa shape index (κ3) is 4.71. The zero-order valence-electron chi connectivity index (χ0n) is 16.2. The molecule has 3 aromatic rings. The first kappa shape index (κ1) is 20.7. The normalized spacial score (nSPS) is 11.4. The Morgan fingerprint density at radius 1 is 0.862 bits per heavy atom. The largest absolute Gasteiger partial charge is 0.304 e. The lowest BCUT2D eigenvalue weighted by atomic mass is 10.1. The van der Waals surface area contributed by atoms with Crippen LogP contribution in [0.4, 0.5) is 5.69 Å². The van der Waals surface area contributed by atoms with Crippen LogP contribution in [0.1, 0.15) is 15.9 Å². The van der Waals surface area contributed by atoms with Gasteiger partial charge >= 0.3 is 0 Å². The molecule has 7 heteroatoms. The number of amides is 1. The summed E-state index contributed by atoms with van der Waals surface area (Å²) in [5.74, 6) is -0.218. The molecule has 29 heavy (non-hydrogen) atoms. The van der Waals surface area contributed by atoms with Crippen LogP contribution >= 0.6 is 0 Å². The third-order valence-electron chi connectivity index (χ3n) is 4.49. The second-order valence-corrected chi connectivity index (χ2v) is 8.27.